The molecular weight excluding hydrogens is 538 g/mol. The Bertz CT molecular complexity index is 1310. The van der Waals surface area contributed by atoms with Crippen molar-refractivity contribution in [2.24, 2.45) is 4.99 Å². The summed E-state index contributed by atoms with van der Waals surface area (Å²) in [4.78, 5) is 27.6. The number of anilines is 2. The number of allylic oxidation sites excluding steroid dienone is 4. The average Bonchev–Trinajstić information content (AvgIpc) is 2.98. The zero-order chi connectivity index (χ0) is 31.7. The van der Waals surface area contributed by atoms with Crippen LogP contribution in [0.25, 0.3) is 5.57 Å². The van der Waals surface area contributed by atoms with Gasteiger partial charge >= 0.3 is 5.97 Å². The molecule has 7 nitrogen and oxygen atoms in total. The minimum Gasteiger partial charge on any atom is -0.481 e. The van der Waals surface area contributed by atoms with E-state index in [4.69, 9.17) is 5.11 Å². The van der Waals surface area contributed by atoms with Crippen molar-refractivity contribution in [1.29, 1.82) is 0 Å². The molecule has 2 aromatic carbocycles. The SMILES string of the molecule is C/C=C\C.C=C(Nc1ccc(C(=O)NCCCCCC(=O)O)c(CC)c1)C(C)=N/C=C(\C)c1ccc(NC)c(F)c1F. The standard InChI is InChI=1S/C29H36F2N4O3.C4H8/c1-6-21-16-22(11-12-24(21)29(38)33-15-9-7-8-10-26(36)37)35-20(4)19(3)34-17-18(2)23-13-14-25(32-5)28(31)27(23)30;1-3-4-2/h11-14,16-17,32,35H,4,6-10,15H2,1-3,5H3,(H,33,38)(H,36,37);3-4H,1-2H3/b18-17+,34-19?;4-3-. The molecule has 0 aliphatic carbocycles. The van der Waals surface area contributed by atoms with Crippen molar-refractivity contribution in [3.8, 4) is 0 Å². The first-order valence-electron chi connectivity index (χ1n) is 14.0. The van der Waals surface area contributed by atoms with Crippen molar-refractivity contribution < 1.29 is 23.5 Å². The highest BCUT2D eigenvalue weighted by Crippen LogP contribution is 2.25. The Morgan fingerprint density at radius 2 is 1.67 bits per heavy atom. The lowest BCUT2D eigenvalue weighted by atomic mass is 10.0. The number of unbranched alkanes of at least 4 members (excludes halogenated alkanes) is 2. The fourth-order valence-electron chi connectivity index (χ4n) is 3.71. The normalized spacial score (nSPS) is 11.5. The molecule has 0 radical (unpaired) electrons. The second kappa shape index (κ2) is 19.0. The van der Waals surface area contributed by atoms with Crippen LogP contribution in [0, 0.1) is 11.6 Å². The van der Waals surface area contributed by atoms with E-state index in [1.54, 1.807) is 26.0 Å². The lowest BCUT2D eigenvalue weighted by Gasteiger charge is -2.14. The van der Waals surface area contributed by atoms with Gasteiger partial charge in [-0.1, -0.05) is 32.1 Å². The first-order valence-corrected chi connectivity index (χ1v) is 14.0. The zero-order valence-corrected chi connectivity index (χ0v) is 25.5. The van der Waals surface area contributed by atoms with Gasteiger partial charge in [-0.15, -0.1) is 0 Å². The number of amides is 1. The van der Waals surface area contributed by atoms with Gasteiger partial charge in [-0.25, -0.2) is 8.78 Å². The Labute approximate surface area is 248 Å². The number of aliphatic carboxylic acids is 1. The lowest BCUT2D eigenvalue weighted by Crippen LogP contribution is -2.25. The summed E-state index contributed by atoms with van der Waals surface area (Å²) in [6, 6.07) is 8.37. The number of hydrogen-bond donors (Lipinski definition) is 4. The van der Waals surface area contributed by atoms with Crippen LogP contribution in [0.1, 0.15) is 81.8 Å². The lowest BCUT2D eigenvalue weighted by molar-refractivity contribution is -0.137. The molecule has 228 valence electrons. The Hall–Kier alpha value is -4.27. The van der Waals surface area contributed by atoms with Gasteiger partial charge in [0.05, 0.1) is 17.1 Å². The van der Waals surface area contributed by atoms with Crippen LogP contribution >= 0.6 is 0 Å². The second-order valence-corrected chi connectivity index (χ2v) is 9.52. The Morgan fingerprint density at radius 1 is 1.00 bits per heavy atom. The molecule has 0 heterocycles. The van der Waals surface area contributed by atoms with Crippen LogP contribution in [0.4, 0.5) is 20.2 Å². The van der Waals surface area contributed by atoms with E-state index in [1.807, 2.05) is 39.0 Å². The summed E-state index contributed by atoms with van der Waals surface area (Å²) in [5, 5.41) is 17.4. The molecule has 2 rings (SSSR count). The largest absolute Gasteiger partial charge is 0.481 e. The number of aliphatic imine (C=N–C) groups is 1. The molecule has 0 aliphatic rings. The van der Waals surface area contributed by atoms with Crippen LogP contribution in [0.3, 0.4) is 0 Å². The summed E-state index contributed by atoms with van der Waals surface area (Å²) in [5.41, 5.74) is 3.92. The maximum atomic E-state index is 14.4. The predicted molar refractivity (Wildman–Crippen MR) is 170 cm³/mol. The summed E-state index contributed by atoms with van der Waals surface area (Å²) in [6.45, 7) is 13.9. The summed E-state index contributed by atoms with van der Waals surface area (Å²) < 4.78 is 28.5. The maximum Gasteiger partial charge on any atom is 0.303 e. The highest BCUT2D eigenvalue weighted by molar-refractivity contribution is 6.01. The molecule has 0 bridgehead atoms. The van der Waals surface area contributed by atoms with Crippen molar-refractivity contribution in [3.63, 3.8) is 0 Å². The number of aryl methyl sites for hydroxylation is 1. The molecule has 9 heteroatoms. The van der Waals surface area contributed by atoms with E-state index in [-0.39, 0.29) is 23.6 Å². The van der Waals surface area contributed by atoms with Crippen LogP contribution in [0.15, 0.2) is 66.0 Å². The highest BCUT2D eigenvalue weighted by atomic mass is 19.2. The van der Waals surface area contributed by atoms with Gasteiger partial charge in [0, 0.05) is 43.0 Å². The summed E-state index contributed by atoms with van der Waals surface area (Å²) in [5.74, 6) is -2.86. The van der Waals surface area contributed by atoms with Crippen molar-refractivity contribution >= 4 is 34.5 Å². The fraction of sp³-hybridized carbons (Fsp3) is 0.364. The number of carboxylic acids is 1. The van der Waals surface area contributed by atoms with Crippen molar-refractivity contribution in [1.82, 2.24) is 5.32 Å². The predicted octanol–water partition coefficient (Wildman–Crippen LogP) is 7.97. The fourth-order valence-corrected chi connectivity index (χ4v) is 3.71. The van der Waals surface area contributed by atoms with Crippen molar-refractivity contribution in [2.45, 2.75) is 66.7 Å². The van der Waals surface area contributed by atoms with Crippen molar-refractivity contribution in [2.75, 3.05) is 24.2 Å². The molecule has 42 heavy (non-hydrogen) atoms. The third-order valence-corrected chi connectivity index (χ3v) is 6.38. The van der Waals surface area contributed by atoms with E-state index in [2.05, 4.69) is 27.5 Å². The Morgan fingerprint density at radius 3 is 2.26 bits per heavy atom. The minimum atomic E-state index is -0.941. The summed E-state index contributed by atoms with van der Waals surface area (Å²) in [6.07, 6.45) is 8.29. The number of nitrogens with zero attached hydrogens (tertiary/aromatic N) is 1. The first-order chi connectivity index (χ1) is 20.0. The molecule has 0 saturated heterocycles. The van der Waals surface area contributed by atoms with E-state index >= 15 is 0 Å². The third-order valence-electron chi connectivity index (χ3n) is 6.38. The number of benzene rings is 2. The number of nitrogens with one attached hydrogen (secondary N) is 3. The number of carboxylic acid groups (broad SMARTS) is 1. The topological polar surface area (TPSA) is 103 Å². The first kappa shape index (κ1) is 35.8. The van der Waals surface area contributed by atoms with E-state index < -0.39 is 17.6 Å². The van der Waals surface area contributed by atoms with Crippen LogP contribution in [0.5, 0.6) is 0 Å². The van der Waals surface area contributed by atoms with Gasteiger partial charge in [-0.05, 0) is 88.4 Å². The summed E-state index contributed by atoms with van der Waals surface area (Å²) >= 11 is 0. The molecular formula is C33H44F2N4O3. The van der Waals surface area contributed by atoms with Gasteiger partial charge in [0.25, 0.3) is 5.91 Å². The van der Waals surface area contributed by atoms with E-state index in [0.29, 0.717) is 41.9 Å². The second-order valence-electron chi connectivity index (χ2n) is 9.52. The van der Waals surface area contributed by atoms with Gasteiger partial charge in [0.1, 0.15) is 0 Å². The number of halogens is 2. The zero-order valence-electron chi connectivity index (χ0n) is 25.5. The molecule has 2 aromatic rings. The molecule has 0 aromatic heterocycles. The molecule has 1 amide bonds. The Balaban J connectivity index is 0.00000206. The van der Waals surface area contributed by atoms with Gasteiger partial charge in [0.2, 0.25) is 0 Å². The van der Waals surface area contributed by atoms with Crippen LogP contribution in [-0.2, 0) is 11.2 Å². The highest BCUT2D eigenvalue weighted by Gasteiger charge is 2.14. The van der Waals surface area contributed by atoms with Crippen LogP contribution < -0.4 is 16.0 Å². The van der Waals surface area contributed by atoms with Gasteiger partial charge in [-0.3, -0.25) is 14.6 Å². The van der Waals surface area contributed by atoms with Gasteiger partial charge in [0.15, 0.2) is 11.6 Å². The number of rotatable bonds is 14. The maximum absolute atomic E-state index is 14.4. The van der Waals surface area contributed by atoms with E-state index in [0.717, 1.165) is 24.1 Å². The van der Waals surface area contributed by atoms with Crippen LogP contribution in [-0.4, -0.2) is 36.3 Å². The molecule has 0 spiro atoms. The van der Waals surface area contributed by atoms with Crippen LogP contribution in [0.2, 0.25) is 0 Å². The van der Waals surface area contributed by atoms with E-state index in [9.17, 15) is 18.4 Å². The number of carbonyl (C=O) groups is 2. The minimum absolute atomic E-state index is 0.0826. The molecule has 0 fully saturated rings. The third kappa shape index (κ3) is 11.7. The molecule has 4 N–H and O–H groups in total. The molecule has 0 unspecified atom stereocenters. The number of hydrogen-bond acceptors (Lipinski definition) is 5. The monoisotopic (exact) mass is 582 g/mol. The quantitative estimate of drug-likeness (QED) is 0.103. The molecule has 0 saturated carbocycles. The van der Waals surface area contributed by atoms with Crippen molar-refractivity contribution in [3.05, 3.63) is 89.3 Å². The number of carbonyl (C=O) groups excluding carboxylic acids is 1. The van der Waals surface area contributed by atoms with Gasteiger partial charge in [-0.2, -0.15) is 0 Å². The summed E-state index contributed by atoms with van der Waals surface area (Å²) in [7, 11) is 1.52. The average molecular weight is 583 g/mol. The van der Waals surface area contributed by atoms with E-state index in [1.165, 1.54) is 25.4 Å². The smallest absolute Gasteiger partial charge is 0.303 e. The van der Waals surface area contributed by atoms with Gasteiger partial charge < -0.3 is 21.1 Å². The molecule has 0 atom stereocenters. The molecule has 0 aliphatic heterocycles. The Kier molecular flexibility index (Phi) is 16.1.